The Morgan fingerprint density at radius 1 is 0.862 bits per heavy atom. The minimum Gasteiger partial charge on any atom is -0.484 e. The van der Waals surface area contributed by atoms with E-state index in [0.717, 1.165) is 11.1 Å². The van der Waals surface area contributed by atoms with Crippen LogP contribution in [-0.2, 0) is 19.2 Å². The SMILES string of the molecule is CC(=O)N1CCN(C(=O)CCC(=O)NNC(=O)COc2cc(C)cc(C)c2)CC1. The van der Waals surface area contributed by atoms with Crippen LogP contribution in [0.4, 0.5) is 0 Å². The minimum atomic E-state index is -0.496. The van der Waals surface area contributed by atoms with Crippen LogP contribution >= 0.6 is 0 Å². The van der Waals surface area contributed by atoms with E-state index in [0.29, 0.717) is 31.9 Å². The van der Waals surface area contributed by atoms with E-state index in [2.05, 4.69) is 10.9 Å². The molecule has 1 aromatic rings. The maximum atomic E-state index is 12.2. The molecular weight excluding hydrogens is 376 g/mol. The van der Waals surface area contributed by atoms with Crippen LogP contribution in [0.15, 0.2) is 18.2 Å². The van der Waals surface area contributed by atoms with Crippen LogP contribution in [-0.4, -0.2) is 66.2 Å². The van der Waals surface area contributed by atoms with Crippen molar-refractivity contribution in [1.82, 2.24) is 20.7 Å². The number of aryl methyl sites for hydroxylation is 2. The second-order valence-electron chi connectivity index (χ2n) is 7.10. The fraction of sp³-hybridized carbons (Fsp3) is 0.500. The lowest BCUT2D eigenvalue weighted by atomic mass is 10.1. The first-order chi connectivity index (χ1) is 13.7. The van der Waals surface area contributed by atoms with Gasteiger partial charge in [0.15, 0.2) is 6.61 Å². The van der Waals surface area contributed by atoms with Gasteiger partial charge >= 0.3 is 0 Å². The molecule has 0 unspecified atom stereocenters. The number of piperazine rings is 1. The smallest absolute Gasteiger partial charge is 0.276 e. The summed E-state index contributed by atoms with van der Waals surface area (Å²) in [4.78, 5) is 50.4. The monoisotopic (exact) mass is 404 g/mol. The fourth-order valence-corrected chi connectivity index (χ4v) is 3.05. The maximum Gasteiger partial charge on any atom is 0.276 e. The second kappa shape index (κ2) is 10.4. The number of nitrogens with one attached hydrogen (secondary N) is 2. The highest BCUT2D eigenvalue weighted by Crippen LogP contribution is 2.15. The Balaban J connectivity index is 1.63. The van der Waals surface area contributed by atoms with Gasteiger partial charge in [-0.2, -0.15) is 0 Å². The van der Waals surface area contributed by atoms with E-state index in [1.54, 1.807) is 9.80 Å². The summed E-state index contributed by atoms with van der Waals surface area (Å²) in [6, 6.07) is 5.64. The van der Waals surface area contributed by atoms with Crippen molar-refractivity contribution < 1.29 is 23.9 Å². The van der Waals surface area contributed by atoms with Crippen molar-refractivity contribution in [2.75, 3.05) is 32.8 Å². The highest BCUT2D eigenvalue weighted by Gasteiger charge is 2.22. The second-order valence-corrected chi connectivity index (χ2v) is 7.10. The van der Waals surface area contributed by atoms with Crippen molar-refractivity contribution in [3.05, 3.63) is 29.3 Å². The van der Waals surface area contributed by atoms with Crippen LogP contribution in [0.3, 0.4) is 0 Å². The van der Waals surface area contributed by atoms with Gasteiger partial charge in [-0.15, -0.1) is 0 Å². The number of hydrogen-bond acceptors (Lipinski definition) is 5. The molecule has 29 heavy (non-hydrogen) atoms. The Kier molecular flexibility index (Phi) is 7.99. The third kappa shape index (κ3) is 7.44. The zero-order valence-corrected chi connectivity index (χ0v) is 17.1. The summed E-state index contributed by atoms with van der Waals surface area (Å²) in [5.41, 5.74) is 6.61. The largest absolute Gasteiger partial charge is 0.484 e. The Hall–Kier alpha value is -3.10. The molecule has 4 amide bonds. The zero-order chi connectivity index (χ0) is 21.4. The van der Waals surface area contributed by atoms with Crippen LogP contribution in [0, 0.1) is 13.8 Å². The summed E-state index contributed by atoms with van der Waals surface area (Å²) >= 11 is 0. The first-order valence-electron chi connectivity index (χ1n) is 9.56. The standard InChI is InChI=1S/C20H28N4O5/c1-14-10-15(2)12-17(11-14)29-13-19(27)22-21-18(26)4-5-20(28)24-8-6-23(7-9-24)16(3)25/h10-12H,4-9,13H2,1-3H3,(H,21,26)(H,22,27). The predicted octanol–water partition coefficient (Wildman–Crippen LogP) is 0.301. The summed E-state index contributed by atoms with van der Waals surface area (Å²) in [6.07, 6.45) is 0.00477. The van der Waals surface area contributed by atoms with E-state index in [1.165, 1.54) is 6.92 Å². The fourth-order valence-electron chi connectivity index (χ4n) is 3.05. The van der Waals surface area contributed by atoms with E-state index < -0.39 is 11.8 Å². The van der Waals surface area contributed by atoms with Crippen LogP contribution in [0.1, 0.15) is 30.9 Å². The van der Waals surface area contributed by atoms with Gasteiger partial charge in [-0.05, 0) is 37.1 Å². The third-order valence-corrected chi connectivity index (χ3v) is 4.55. The number of carbonyl (C=O) groups excluding carboxylic acids is 4. The minimum absolute atomic E-state index is 0.00580. The molecule has 0 atom stereocenters. The van der Waals surface area contributed by atoms with Crippen LogP contribution < -0.4 is 15.6 Å². The van der Waals surface area contributed by atoms with Crippen LogP contribution in [0.2, 0.25) is 0 Å². The highest BCUT2D eigenvalue weighted by atomic mass is 16.5. The molecule has 0 bridgehead atoms. The van der Waals surface area contributed by atoms with Crippen molar-refractivity contribution in [3.63, 3.8) is 0 Å². The van der Waals surface area contributed by atoms with Crippen molar-refractivity contribution >= 4 is 23.6 Å². The molecule has 9 nitrogen and oxygen atoms in total. The van der Waals surface area contributed by atoms with Gasteiger partial charge in [0.1, 0.15) is 5.75 Å². The van der Waals surface area contributed by atoms with E-state index >= 15 is 0 Å². The van der Waals surface area contributed by atoms with Gasteiger partial charge in [-0.1, -0.05) is 6.07 Å². The van der Waals surface area contributed by atoms with E-state index in [1.807, 2.05) is 32.0 Å². The van der Waals surface area contributed by atoms with E-state index in [9.17, 15) is 19.2 Å². The predicted molar refractivity (Wildman–Crippen MR) is 106 cm³/mol. The lowest BCUT2D eigenvalue weighted by Gasteiger charge is -2.34. The molecule has 0 saturated carbocycles. The number of ether oxygens (including phenoxy) is 1. The van der Waals surface area contributed by atoms with Crippen molar-refractivity contribution in [2.45, 2.75) is 33.6 Å². The summed E-state index contributed by atoms with van der Waals surface area (Å²) in [7, 11) is 0. The first-order valence-corrected chi connectivity index (χ1v) is 9.56. The normalized spacial score (nSPS) is 13.6. The number of hydrogen-bond donors (Lipinski definition) is 2. The summed E-state index contributed by atoms with van der Waals surface area (Å²) in [5, 5.41) is 0. The molecule has 0 spiro atoms. The average Bonchev–Trinajstić information content (AvgIpc) is 2.68. The van der Waals surface area contributed by atoms with E-state index in [4.69, 9.17) is 4.74 Å². The number of nitrogens with zero attached hydrogens (tertiary/aromatic N) is 2. The maximum absolute atomic E-state index is 12.2. The van der Waals surface area contributed by atoms with Crippen molar-refractivity contribution in [2.24, 2.45) is 0 Å². The molecule has 1 aromatic carbocycles. The molecule has 2 N–H and O–H groups in total. The Morgan fingerprint density at radius 2 is 1.41 bits per heavy atom. The van der Waals surface area contributed by atoms with Crippen molar-refractivity contribution in [1.29, 1.82) is 0 Å². The van der Waals surface area contributed by atoms with Gasteiger partial charge in [-0.25, -0.2) is 0 Å². The molecule has 2 rings (SSSR count). The number of hydrazine groups is 1. The Morgan fingerprint density at radius 3 is 2.00 bits per heavy atom. The first kappa shape index (κ1) is 22.2. The molecule has 0 aromatic heterocycles. The van der Waals surface area contributed by atoms with Gasteiger partial charge in [0.2, 0.25) is 17.7 Å². The van der Waals surface area contributed by atoms with Gasteiger partial charge in [0.25, 0.3) is 5.91 Å². The number of carbonyl (C=O) groups is 4. The highest BCUT2D eigenvalue weighted by molar-refractivity contribution is 5.86. The number of benzene rings is 1. The number of rotatable bonds is 6. The average molecular weight is 404 g/mol. The lowest BCUT2D eigenvalue weighted by Crippen LogP contribution is -2.50. The van der Waals surface area contributed by atoms with Gasteiger partial charge in [-0.3, -0.25) is 30.0 Å². The molecule has 9 heteroatoms. The molecule has 0 aliphatic carbocycles. The molecule has 1 aliphatic heterocycles. The molecule has 1 heterocycles. The van der Waals surface area contributed by atoms with Crippen LogP contribution in [0.25, 0.3) is 0 Å². The van der Waals surface area contributed by atoms with Gasteiger partial charge < -0.3 is 14.5 Å². The van der Waals surface area contributed by atoms with Crippen LogP contribution in [0.5, 0.6) is 5.75 Å². The molecule has 1 saturated heterocycles. The summed E-state index contributed by atoms with van der Waals surface area (Å²) in [6.45, 7) is 7.08. The Labute approximate surface area is 170 Å². The number of amides is 4. The van der Waals surface area contributed by atoms with Gasteiger partial charge in [0.05, 0.1) is 0 Å². The molecule has 1 fully saturated rings. The third-order valence-electron chi connectivity index (χ3n) is 4.55. The van der Waals surface area contributed by atoms with Gasteiger partial charge in [0, 0.05) is 45.9 Å². The Bertz CT molecular complexity index is 752. The topological polar surface area (TPSA) is 108 Å². The summed E-state index contributed by atoms with van der Waals surface area (Å²) in [5.74, 6) is -0.523. The van der Waals surface area contributed by atoms with Crippen molar-refractivity contribution in [3.8, 4) is 5.75 Å². The molecule has 158 valence electrons. The zero-order valence-electron chi connectivity index (χ0n) is 17.1. The molecule has 1 aliphatic rings. The van der Waals surface area contributed by atoms with E-state index in [-0.39, 0.29) is 31.3 Å². The lowest BCUT2D eigenvalue weighted by molar-refractivity contribution is -0.139. The molecule has 0 radical (unpaired) electrons. The summed E-state index contributed by atoms with van der Waals surface area (Å²) < 4.78 is 5.41. The quantitative estimate of drug-likeness (QED) is 0.663. The molecular formula is C20H28N4O5.